The molecule has 2 amide bonds. The maximum absolute atomic E-state index is 13.2. The second kappa shape index (κ2) is 5.83. The van der Waals surface area contributed by atoms with Gasteiger partial charge in [-0.05, 0) is 37.8 Å². The third-order valence-electron chi connectivity index (χ3n) is 6.59. The van der Waals surface area contributed by atoms with Crippen LogP contribution in [0.3, 0.4) is 0 Å². The lowest BCUT2D eigenvalue weighted by Gasteiger charge is -2.23. The van der Waals surface area contributed by atoms with E-state index >= 15 is 0 Å². The van der Waals surface area contributed by atoms with Crippen molar-refractivity contribution >= 4 is 17.5 Å². The highest BCUT2D eigenvalue weighted by Crippen LogP contribution is 2.58. The number of anilines is 1. The molecular formula is C22H23NO3. The molecule has 1 heterocycles. The molecule has 26 heavy (non-hydrogen) atoms. The third-order valence-corrected chi connectivity index (χ3v) is 6.59. The number of hydrogen-bond acceptors (Lipinski definition) is 3. The van der Waals surface area contributed by atoms with Crippen molar-refractivity contribution in [2.75, 3.05) is 12.0 Å². The highest BCUT2D eigenvalue weighted by molar-refractivity contribution is 6.23. The number of carbonyl (C=O) groups excluding carboxylic acids is 2. The molecule has 134 valence electrons. The first kappa shape index (κ1) is 15.9. The molecule has 0 N–H and O–H groups in total. The van der Waals surface area contributed by atoms with Crippen LogP contribution in [0.15, 0.2) is 47.6 Å². The number of allylic oxidation sites excluding steroid dienone is 4. The first-order chi connectivity index (χ1) is 12.7. The summed E-state index contributed by atoms with van der Waals surface area (Å²) in [5, 5.41) is 0. The van der Waals surface area contributed by atoms with Gasteiger partial charge in [0, 0.05) is 17.9 Å². The molecule has 1 aliphatic heterocycles. The molecule has 0 spiro atoms. The molecule has 0 radical (unpaired) electrons. The minimum absolute atomic E-state index is 0.0426. The van der Waals surface area contributed by atoms with Crippen molar-refractivity contribution in [2.45, 2.75) is 32.1 Å². The number of hydrogen-bond donors (Lipinski definition) is 0. The van der Waals surface area contributed by atoms with Crippen LogP contribution >= 0.6 is 0 Å². The lowest BCUT2D eigenvalue weighted by Crippen LogP contribution is -2.33. The van der Waals surface area contributed by atoms with Crippen molar-refractivity contribution in [1.29, 1.82) is 0 Å². The predicted molar refractivity (Wildman–Crippen MR) is 98.7 cm³/mol. The van der Waals surface area contributed by atoms with Crippen LogP contribution in [0.4, 0.5) is 5.69 Å². The van der Waals surface area contributed by atoms with Gasteiger partial charge in [-0.2, -0.15) is 0 Å². The Morgan fingerprint density at radius 1 is 0.962 bits per heavy atom. The van der Waals surface area contributed by atoms with Gasteiger partial charge < -0.3 is 4.74 Å². The Balaban J connectivity index is 1.52. The summed E-state index contributed by atoms with van der Waals surface area (Å²) in [6.45, 7) is 0. The Kier molecular flexibility index (Phi) is 3.56. The Bertz CT molecular complexity index is 811. The van der Waals surface area contributed by atoms with Gasteiger partial charge in [-0.3, -0.25) is 9.59 Å². The molecule has 1 saturated heterocycles. The first-order valence-corrected chi connectivity index (χ1v) is 9.62. The molecule has 2 bridgehead atoms. The van der Waals surface area contributed by atoms with E-state index in [-0.39, 0.29) is 35.5 Å². The van der Waals surface area contributed by atoms with Gasteiger partial charge in [-0.25, -0.2) is 4.90 Å². The number of ether oxygens (including phenoxy) is 1. The zero-order chi connectivity index (χ0) is 17.8. The number of methoxy groups -OCH3 is 1. The fraction of sp³-hybridized carbons (Fsp3) is 0.455. The van der Waals surface area contributed by atoms with Crippen LogP contribution in [0, 0.1) is 23.7 Å². The van der Waals surface area contributed by atoms with Gasteiger partial charge >= 0.3 is 0 Å². The summed E-state index contributed by atoms with van der Waals surface area (Å²) in [6, 6.07) is 7.24. The number of rotatable bonds is 2. The molecule has 4 atom stereocenters. The van der Waals surface area contributed by atoms with E-state index in [0.717, 1.165) is 12.8 Å². The number of benzene rings is 1. The summed E-state index contributed by atoms with van der Waals surface area (Å²) in [7, 11) is 1.59. The Morgan fingerprint density at radius 2 is 1.62 bits per heavy atom. The van der Waals surface area contributed by atoms with Gasteiger partial charge in [0.1, 0.15) is 5.75 Å². The van der Waals surface area contributed by atoms with Gasteiger partial charge in [-0.15, -0.1) is 0 Å². The average Bonchev–Trinajstić information content (AvgIpc) is 3.32. The predicted octanol–water partition coefficient (Wildman–Crippen LogP) is 3.88. The molecule has 4 aliphatic rings. The molecule has 2 saturated carbocycles. The Labute approximate surface area is 153 Å². The lowest BCUT2D eigenvalue weighted by atomic mass is 9.85. The minimum Gasteiger partial charge on any atom is -0.497 e. The van der Waals surface area contributed by atoms with Crippen LogP contribution in [0.5, 0.6) is 5.75 Å². The minimum atomic E-state index is -0.215. The quantitative estimate of drug-likeness (QED) is 0.601. The van der Waals surface area contributed by atoms with Crippen molar-refractivity contribution in [2.24, 2.45) is 23.7 Å². The smallest absolute Gasteiger partial charge is 0.238 e. The highest BCUT2D eigenvalue weighted by Gasteiger charge is 2.62. The number of fused-ring (bicyclic) bond motifs is 5. The van der Waals surface area contributed by atoms with Crippen LogP contribution in [0.1, 0.15) is 32.1 Å². The largest absolute Gasteiger partial charge is 0.497 e. The maximum Gasteiger partial charge on any atom is 0.238 e. The van der Waals surface area contributed by atoms with Crippen molar-refractivity contribution < 1.29 is 14.3 Å². The molecule has 5 rings (SSSR count). The molecule has 0 unspecified atom stereocenters. The van der Waals surface area contributed by atoms with Gasteiger partial charge in [-0.1, -0.05) is 35.8 Å². The van der Waals surface area contributed by atoms with Gasteiger partial charge in [0.25, 0.3) is 0 Å². The van der Waals surface area contributed by atoms with Crippen molar-refractivity contribution in [3.63, 3.8) is 0 Å². The van der Waals surface area contributed by atoms with Crippen molar-refractivity contribution in [3.8, 4) is 5.75 Å². The van der Waals surface area contributed by atoms with E-state index in [1.807, 2.05) is 18.2 Å². The SMILES string of the molecule is COc1cccc(N2C(=O)[C@@H]3[C@H](C2=O)[C@H]2C=C[C@@H]3C2=C2CCCCC2)c1. The fourth-order valence-corrected chi connectivity index (χ4v) is 5.51. The normalized spacial score (nSPS) is 32.6. The average molecular weight is 349 g/mol. The van der Waals surface area contributed by atoms with Crippen LogP contribution in [0.2, 0.25) is 0 Å². The Morgan fingerprint density at radius 3 is 2.23 bits per heavy atom. The fourth-order valence-electron chi connectivity index (χ4n) is 5.51. The summed E-state index contributed by atoms with van der Waals surface area (Å²) in [4.78, 5) is 27.8. The van der Waals surface area contributed by atoms with E-state index in [1.54, 1.807) is 13.2 Å². The summed E-state index contributed by atoms with van der Waals surface area (Å²) < 4.78 is 5.26. The zero-order valence-electron chi connectivity index (χ0n) is 15.0. The summed E-state index contributed by atoms with van der Waals surface area (Å²) in [5.41, 5.74) is 3.56. The van der Waals surface area contributed by atoms with Gasteiger partial charge in [0.15, 0.2) is 0 Å². The van der Waals surface area contributed by atoms with Gasteiger partial charge in [0.2, 0.25) is 11.8 Å². The summed E-state index contributed by atoms with van der Waals surface area (Å²) >= 11 is 0. The molecule has 3 fully saturated rings. The molecule has 1 aromatic rings. The van der Waals surface area contributed by atoms with Crippen LogP contribution < -0.4 is 9.64 Å². The maximum atomic E-state index is 13.2. The van der Waals surface area contributed by atoms with E-state index in [1.165, 1.54) is 35.3 Å². The van der Waals surface area contributed by atoms with Crippen LogP contribution in [-0.2, 0) is 9.59 Å². The zero-order valence-corrected chi connectivity index (χ0v) is 15.0. The molecule has 4 nitrogen and oxygen atoms in total. The standard InChI is InChI=1S/C22H23NO3/c1-26-15-9-5-8-14(12-15)23-21(24)19-16-10-11-17(20(19)22(23)25)18(16)13-6-3-2-4-7-13/h5,8-12,16-17,19-20H,2-4,6-7H2,1H3/t16-,17+,19+,20-. The topological polar surface area (TPSA) is 46.6 Å². The van der Waals surface area contributed by atoms with Crippen molar-refractivity contribution in [1.82, 2.24) is 0 Å². The van der Waals surface area contributed by atoms with E-state index < -0.39 is 0 Å². The molecule has 3 aliphatic carbocycles. The van der Waals surface area contributed by atoms with Crippen LogP contribution in [-0.4, -0.2) is 18.9 Å². The number of nitrogens with zero attached hydrogens (tertiary/aromatic N) is 1. The van der Waals surface area contributed by atoms with Crippen molar-refractivity contribution in [3.05, 3.63) is 47.6 Å². The van der Waals surface area contributed by atoms with E-state index in [9.17, 15) is 9.59 Å². The second-order valence-corrected chi connectivity index (χ2v) is 7.82. The third kappa shape index (κ3) is 2.08. The van der Waals surface area contributed by atoms with Gasteiger partial charge in [0.05, 0.1) is 24.6 Å². The number of imide groups is 1. The monoisotopic (exact) mass is 349 g/mol. The molecular weight excluding hydrogens is 326 g/mol. The van der Waals surface area contributed by atoms with E-state index in [4.69, 9.17) is 4.74 Å². The highest BCUT2D eigenvalue weighted by atomic mass is 16.5. The summed E-state index contributed by atoms with van der Waals surface area (Å²) in [5.74, 6) is 0.404. The summed E-state index contributed by atoms with van der Waals surface area (Å²) in [6.07, 6.45) is 10.4. The number of amides is 2. The number of carbonyl (C=O) groups is 2. The lowest BCUT2D eigenvalue weighted by molar-refractivity contribution is -0.122. The first-order valence-electron chi connectivity index (χ1n) is 9.62. The second-order valence-electron chi connectivity index (χ2n) is 7.82. The molecule has 0 aromatic heterocycles. The molecule has 1 aromatic carbocycles. The van der Waals surface area contributed by atoms with Crippen LogP contribution in [0.25, 0.3) is 0 Å². The van der Waals surface area contributed by atoms with E-state index in [2.05, 4.69) is 12.2 Å². The Hall–Kier alpha value is -2.36. The molecule has 4 heteroatoms. The van der Waals surface area contributed by atoms with E-state index in [0.29, 0.717) is 11.4 Å².